The normalized spacial score (nSPS) is 29.4. The molecule has 7 fully saturated rings. The molecule has 7 saturated heterocycles. The Balaban J connectivity index is 0.537. The SMILES string of the molecule is CC[C@H]1O[C@@H](n2cnc3c(N)ncnc32)C[C@H]1OP([O-])(=S)OC[C@H]1O[C@@H](n2cnc3c(N)ncnc32)C[C@H]1OP(=O)([S-])OC[C@H]1O[C@@H](n2cc(C)c(N)nc2=O)C[C@H]1OP([O-])(=S)OC[C@H]1O[C@@H](n2cnc3c(N)ncnc32)C[C@H]1OP([O-])(=S)OC[C@H]1O[C@@H](n2cnc3c(N)ncnc32)C[C@H]1OP(O)(=S)OC[C@H]1O[C@@H](n2cc(C)c(=O)[nH]c2=O)C[C@H]1OP(O)(=S)OC[C@H]1O[C@@H](n2cnc3c(N)ncnc32)C[C@H]1OP([O-])(=S)OC. The first-order valence-electron chi connectivity index (χ1n) is 44.1. The summed E-state index contributed by atoms with van der Waals surface area (Å²) in [5.41, 5.74) is 36.9. The minimum Gasteiger partial charge on any atom is -0.780 e. The van der Waals surface area contributed by atoms with Gasteiger partial charge in [-0.1, -0.05) is 54.2 Å². The summed E-state index contributed by atoms with van der Waals surface area (Å²) in [4.78, 5) is 191. The van der Waals surface area contributed by atoms with Gasteiger partial charge >= 0.3 is 24.8 Å². The van der Waals surface area contributed by atoms with Gasteiger partial charge in [0.05, 0.1) is 120 Å². The van der Waals surface area contributed by atoms with Crippen molar-refractivity contribution in [2.24, 2.45) is 0 Å². The molecule has 0 aromatic carbocycles. The average Bonchev–Trinajstić information content (AvgIpc) is 1.64. The summed E-state index contributed by atoms with van der Waals surface area (Å²) in [5.74, 6) is 0.102. The zero-order valence-electron chi connectivity index (χ0n) is 76.4. The van der Waals surface area contributed by atoms with Gasteiger partial charge in [0.25, 0.3) is 5.56 Å². The molecule has 7 aliphatic rings. The van der Waals surface area contributed by atoms with Crippen molar-refractivity contribution in [2.75, 3.05) is 81.2 Å². The maximum atomic E-state index is 15.1. The highest BCUT2D eigenvalue weighted by atomic mass is 32.7. The molecule has 12 aromatic rings. The highest BCUT2D eigenvalue weighted by Crippen LogP contribution is 2.58. The van der Waals surface area contributed by atoms with Gasteiger partial charge in [-0.3, -0.25) is 46.3 Å². The number of aromatic amines is 1. The molecule has 61 nitrogen and oxygen atoms in total. The van der Waals surface area contributed by atoms with Crippen LogP contribution in [0, 0.1) is 13.8 Å². The fourth-order valence-corrected chi connectivity index (χ4v) is 27.3. The topological polar surface area (TPSA) is 807 Å². The largest absolute Gasteiger partial charge is 0.780 e. The molecule has 0 bridgehead atoms. The predicted molar refractivity (Wildman–Crippen MR) is 524 cm³/mol. The molecule has 0 spiro atoms. The number of nitrogens with zero attached hydrogens (tertiary/aromatic N) is 23. The van der Waals surface area contributed by atoms with Crippen LogP contribution in [0.5, 0.6) is 0 Å². The van der Waals surface area contributed by atoms with E-state index in [9.17, 15) is 38.5 Å². The molecule has 794 valence electrons. The first kappa shape index (κ1) is 108. The van der Waals surface area contributed by atoms with Crippen LogP contribution >= 0.6 is 47.1 Å². The number of hydrogen-bond donors (Lipinski definition) is 9. The summed E-state index contributed by atoms with van der Waals surface area (Å²) in [6, 6.07) is 0. The fourth-order valence-electron chi connectivity index (χ4n) is 17.5. The van der Waals surface area contributed by atoms with Gasteiger partial charge in [-0.25, -0.2) is 84.3 Å². The summed E-state index contributed by atoms with van der Waals surface area (Å²) in [6.07, 6.45) is -11.5. The van der Waals surface area contributed by atoms with Crippen LogP contribution in [0.25, 0.3) is 55.8 Å². The van der Waals surface area contributed by atoms with E-state index in [1.807, 2.05) is 6.92 Å². The number of anilines is 6. The van der Waals surface area contributed by atoms with Crippen LogP contribution in [-0.2, 0) is 184 Å². The van der Waals surface area contributed by atoms with E-state index in [0.29, 0.717) is 23.1 Å². The third kappa shape index (κ3) is 24.1. The number of nitrogens with one attached hydrogen (secondary N) is 1. The smallest absolute Gasteiger partial charge is 0.351 e. The number of rotatable bonds is 41. The molecule has 19 rings (SSSR count). The molecule has 7 aliphatic heterocycles. The minimum absolute atomic E-state index is 0.0106. The lowest BCUT2D eigenvalue weighted by Gasteiger charge is -2.36. The molecule has 12 aromatic heterocycles. The molecule has 0 saturated carbocycles. The van der Waals surface area contributed by atoms with Gasteiger partial charge in [0.2, 0.25) is 0 Å². The van der Waals surface area contributed by atoms with Crippen LogP contribution in [0.2, 0.25) is 0 Å². The highest BCUT2D eigenvalue weighted by molar-refractivity contribution is 8.32. The molecule has 15 N–H and O–H groups in total. The molecule has 0 aliphatic carbocycles. The Hall–Kier alpha value is -7.49. The average molecular weight is 2310 g/mol. The van der Waals surface area contributed by atoms with Crippen LogP contribution in [0.1, 0.15) is 113 Å². The molecule has 147 heavy (non-hydrogen) atoms. The van der Waals surface area contributed by atoms with Crippen LogP contribution < -0.4 is 70.9 Å². The van der Waals surface area contributed by atoms with Gasteiger partial charge in [0.15, 0.2) is 64.1 Å². The number of aryl methyl sites for hydroxylation is 2. The zero-order valence-corrected chi connectivity index (χ0v) is 88.4. The van der Waals surface area contributed by atoms with E-state index < -0.39 is 233 Å². The standard InChI is InChI=1S/C72H93N30O31P7S7/c1-5-33-34(6-49(120-33)98-26-89-54-60(74)79-21-84-65(54)98)128-135(107,142)114-18-44-38(10-51(124-44)100-28-91-56-62(76)81-23-86-67(56)100)131-138(110,145)116-16-42-36(7-47(121-42)96-13-31(2)59(73)94-71(96)104)129-137(109,144)118-19-45-40(12-53(125-45)102-30-93-58-64(78)83-25-88-69(58)102)133-140(112,147)119-20-46-39(11-52(126-46)101-29-92-57-63(77)82-24-87-68(57)101)132-139(111,146)117-17-43-37(8-48(122-43)97-14-32(3)70(103)95-72(97)105)130-136(108,143)115-15-41-35(127-134(106,141)113-4)9-50(123-41)99-27-90-55-61(75)80-22-85-66(55)99/h13-14,21-30,33-53H,5-12,15-20H2,1-4H3,(H,106,141)(H,107,142)(H,108,143)(H,109,144)(H,110,145)(H,111,146)(H,112,147)(H2,73,94,104)(H2,74,79,84)(H2,75,80,85)(H2,76,81,86)(H2,77,82,87)(H2,78,83,88)(H,95,103,105)/p-5/t33-,34-,35-,36-,37-,38-,39-,40-,41-,42-,43-,44-,45-,46-,47-,48-,49-,50-,51-,52-,53-,134?,135?,136?,137?,138?,139?,140?/m1/s1. The Morgan fingerprint density at radius 3 is 0.959 bits per heavy atom. The molecular weight excluding hydrogens is 2220 g/mol. The number of imidazole rings is 5. The lowest BCUT2D eigenvalue weighted by molar-refractivity contribution is -0.219. The molecule has 75 heteroatoms. The van der Waals surface area contributed by atoms with Gasteiger partial charge in [-0.15, -0.1) is 0 Å². The maximum absolute atomic E-state index is 15.1. The summed E-state index contributed by atoms with van der Waals surface area (Å²) in [5, 5.41) is 0. The lowest BCUT2D eigenvalue weighted by atomic mass is 10.1. The molecular formula is C72H88N30O31P7S7-5. The van der Waals surface area contributed by atoms with Crippen LogP contribution in [0.4, 0.5) is 34.9 Å². The van der Waals surface area contributed by atoms with Crippen molar-refractivity contribution >= 4 is 221 Å². The molecule has 0 radical (unpaired) electrons. The number of fused-ring (bicyclic) bond motifs is 5. The summed E-state index contributed by atoms with van der Waals surface area (Å²) >= 11 is 38.8. The first-order valence-corrected chi connectivity index (χ1v) is 62.1. The van der Waals surface area contributed by atoms with Crippen molar-refractivity contribution in [1.29, 1.82) is 0 Å². The maximum Gasteiger partial charge on any atom is 0.351 e. The van der Waals surface area contributed by atoms with Gasteiger partial charge in [-0.2, -0.15) is 4.98 Å². The molecule has 0 amide bonds. The van der Waals surface area contributed by atoms with Crippen molar-refractivity contribution in [2.45, 2.75) is 201 Å². The van der Waals surface area contributed by atoms with Gasteiger partial charge in [0, 0.05) is 75.6 Å². The first-order chi connectivity index (χ1) is 69.8. The molecule has 19 heterocycles. The van der Waals surface area contributed by atoms with Crippen molar-refractivity contribution < 1.29 is 130 Å². The monoisotopic (exact) mass is 2310 g/mol. The van der Waals surface area contributed by atoms with Crippen LogP contribution in [0.15, 0.2) is 90.1 Å². The second-order valence-electron chi connectivity index (χ2n) is 34.0. The van der Waals surface area contributed by atoms with Crippen LogP contribution in [-0.4, -0.2) is 259 Å². The van der Waals surface area contributed by atoms with E-state index >= 15 is 9.79 Å². The Morgan fingerprint density at radius 2 is 0.639 bits per heavy atom. The van der Waals surface area contributed by atoms with E-state index in [0.717, 1.165) is 22.6 Å². The number of ether oxygens (including phenoxy) is 7. The van der Waals surface area contributed by atoms with E-state index in [2.05, 4.69) is 84.7 Å². The van der Waals surface area contributed by atoms with Gasteiger partial charge in [0.1, 0.15) is 172 Å². The quantitative estimate of drug-likeness (QED) is 0.0185. The van der Waals surface area contributed by atoms with Crippen LogP contribution in [0.3, 0.4) is 0 Å². The van der Waals surface area contributed by atoms with E-state index in [1.54, 1.807) is 11.5 Å². The number of hydrogen-bond acceptors (Lipinski definition) is 58. The Kier molecular flexibility index (Phi) is 31.9. The third-order valence-electron chi connectivity index (χ3n) is 24.6. The second-order valence-corrected chi connectivity index (χ2v) is 53.2. The highest BCUT2D eigenvalue weighted by Gasteiger charge is 2.51. The third-order valence-corrected chi connectivity index (χ3v) is 35.7. The predicted octanol–water partition coefficient (Wildman–Crippen LogP) is 0.396. The lowest BCUT2D eigenvalue weighted by Crippen LogP contribution is -2.34. The Labute approximate surface area is 862 Å². The van der Waals surface area contributed by atoms with Crippen molar-refractivity contribution in [3.63, 3.8) is 0 Å². The number of nitrogens with two attached hydrogens (primary N) is 6. The Bertz CT molecular complexity index is 7540. The van der Waals surface area contributed by atoms with Crippen molar-refractivity contribution in [1.82, 2.24) is 117 Å². The zero-order chi connectivity index (χ0) is 104. The summed E-state index contributed by atoms with van der Waals surface area (Å²) in [7, 11) is 1.08. The second kappa shape index (κ2) is 43.5. The number of aromatic nitrogens is 24. The van der Waals surface area contributed by atoms with E-state index in [1.165, 1.54) is 94.5 Å². The number of nitrogen functional groups attached to an aromatic ring is 6. The van der Waals surface area contributed by atoms with Crippen molar-refractivity contribution in [3.8, 4) is 0 Å². The molecule has 28 atom stereocenters. The molecule has 7 unspecified atom stereocenters. The van der Waals surface area contributed by atoms with Crippen molar-refractivity contribution in [3.05, 3.63) is 118 Å². The summed E-state index contributed by atoms with van der Waals surface area (Å²) in [6.45, 7) is -32.3. The number of H-pyrrole nitrogens is 1. The Morgan fingerprint density at radius 1 is 0.374 bits per heavy atom. The van der Waals surface area contributed by atoms with E-state index in [4.69, 9.17) is 214 Å². The van der Waals surface area contributed by atoms with E-state index in [-0.39, 0.29) is 130 Å². The summed E-state index contributed by atoms with van der Waals surface area (Å²) < 4.78 is 153. The minimum atomic E-state index is -4.97. The fraction of sp³-hybridized carbons (Fsp3) is 0.542. The van der Waals surface area contributed by atoms with Gasteiger partial charge in [-0.05, 0) is 43.9 Å². The van der Waals surface area contributed by atoms with Gasteiger partial charge < -0.3 is 173 Å².